The zero-order valence-corrected chi connectivity index (χ0v) is 16.7. The van der Waals surface area contributed by atoms with E-state index in [1.807, 2.05) is 11.8 Å². The van der Waals surface area contributed by atoms with Gasteiger partial charge in [0.05, 0.1) is 17.3 Å². The van der Waals surface area contributed by atoms with Crippen molar-refractivity contribution >= 4 is 5.91 Å². The molecule has 3 atom stereocenters. The molecule has 3 unspecified atom stereocenters. The Labute approximate surface area is 156 Å². The number of amides is 1. The number of nitrogens with zero attached hydrogens (tertiary/aromatic N) is 5. The topological polar surface area (TPSA) is 54.3 Å². The molecule has 3 aliphatic rings. The molecule has 6 heteroatoms. The highest BCUT2D eigenvalue weighted by Crippen LogP contribution is 2.40. The van der Waals surface area contributed by atoms with Gasteiger partial charge in [0.1, 0.15) is 0 Å². The molecule has 0 spiro atoms. The Morgan fingerprint density at radius 2 is 1.96 bits per heavy atom. The van der Waals surface area contributed by atoms with Gasteiger partial charge in [0.25, 0.3) is 0 Å². The Morgan fingerprint density at radius 3 is 2.58 bits per heavy atom. The van der Waals surface area contributed by atoms with E-state index >= 15 is 0 Å². The van der Waals surface area contributed by atoms with Gasteiger partial charge in [0.2, 0.25) is 5.91 Å². The lowest BCUT2D eigenvalue weighted by atomic mass is 9.75. The first kappa shape index (κ1) is 18.0. The normalized spacial score (nSPS) is 32.6. The van der Waals surface area contributed by atoms with E-state index < -0.39 is 0 Å². The molecule has 2 saturated heterocycles. The van der Waals surface area contributed by atoms with E-state index in [1.54, 1.807) is 0 Å². The van der Waals surface area contributed by atoms with Gasteiger partial charge in [-0.15, -0.1) is 5.10 Å². The fraction of sp³-hybridized carbons (Fsp3) is 0.850. The Hall–Kier alpha value is -1.43. The standard InChI is InChI=1S/C20H33N5O/c1-15-8-5-6-9-20(15,4)25-12-17(21-22-25)19(3)13-24(14-19)18(26)16(2)23-10-7-11-23/h12,15-16H,5-11,13-14H2,1-4H3. The first-order chi connectivity index (χ1) is 12.3. The monoisotopic (exact) mass is 359 g/mol. The zero-order valence-electron chi connectivity index (χ0n) is 16.7. The van der Waals surface area contributed by atoms with Crippen LogP contribution < -0.4 is 0 Å². The second-order valence-corrected chi connectivity index (χ2v) is 9.37. The Bertz CT molecular complexity index is 675. The average Bonchev–Trinajstić information content (AvgIpc) is 3.03. The van der Waals surface area contributed by atoms with Crippen LogP contribution in [-0.4, -0.2) is 62.9 Å². The van der Waals surface area contributed by atoms with Crippen molar-refractivity contribution in [1.29, 1.82) is 0 Å². The molecular weight excluding hydrogens is 326 g/mol. The largest absolute Gasteiger partial charge is 0.339 e. The molecular formula is C20H33N5O. The Balaban J connectivity index is 1.43. The van der Waals surface area contributed by atoms with Crippen molar-refractivity contribution in [3.63, 3.8) is 0 Å². The molecule has 0 aromatic carbocycles. The first-order valence-electron chi connectivity index (χ1n) is 10.3. The van der Waals surface area contributed by atoms with E-state index in [1.165, 1.54) is 32.1 Å². The molecule has 1 aromatic heterocycles. The van der Waals surface area contributed by atoms with Crippen LogP contribution in [0.15, 0.2) is 6.20 Å². The number of likely N-dealkylation sites (tertiary alicyclic amines) is 2. The summed E-state index contributed by atoms with van der Waals surface area (Å²) in [5, 5.41) is 9.05. The molecule has 2 aliphatic heterocycles. The summed E-state index contributed by atoms with van der Waals surface area (Å²) in [6.07, 6.45) is 8.40. The molecule has 1 aliphatic carbocycles. The fourth-order valence-corrected chi connectivity index (χ4v) is 4.88. The third-order valence-corrected chi connectivity index (χ3v) is 7.45. The minimum Gasteiger partial charge on any atom is -0.339 e. The summed E-state index contributed by atoms with van der Waals surface area (Å²) in [6, 6.07) is 0.0194. The van der Waals surface area contributed by atoms with E-state index in [0.717, 1.165) is 31.9 Å². The molecule has 0 N–H and O–H groups in total. The average molecular weight is 360 g/mol. The van der Waals surface area contributed by atoms with Gasteiger partial charge in [-0.05, 0) is 39.0 Å². The smallest absolute Gasteiger partial charge is 0.239 e. The maximum Gasteiger partial charge on any atom is 0.239 e. The van der Waals surface area contributed by atoms with Gasteiger partial charge in [0.15, 0.2) is 0 Å². The first-order valence-corrected chi connectivity index (χ1v) is 10.3. The van der Waals surface area contributed by atoms with Crippen LogP contribution in [0.25, 0.3) is 0 Å². The van der Waals surface area contributed by atoms with Crippen molar-refractivity contribution in [2.45, 2.75) is 76.8 Å². The maximum absolute atomic E-state index is 12.7. The summed E-state index contributed by atoms with van der Waals surface area (Å²) in [5.74, 6) is 0.887. The third-order valence-electron chi connectivity index (χ3n) is 7.45. The number of rotatable bonds is 4. The van der Waals surface area contributed by atoms with Crippen LogP contribution in [0.3, 0.4) is 0 Å². The van der Waals surface area contributed by atoms with Crippen molar-refractivity contribution < 1.29 is 4.79 Å². The minimum absolute atomic E-state index is 0.0194. The lowest BCUT2D eigenvalue weighted by Gasteiger charge is -2.49. The van der Waals surface area contributed by atoms with Crippen LogP contribution in [0, 0.1) is 5.92 Å². The van der Waals surface area contributed by atoms with Gasteiger partial charge >= 0.3 is 0 Å². The second kappa shape index (κ2) is 6.32. The molecule has 26 heavy (non-hydrogen) atoms. The van der Waals surface area contributed by atoms with E-state index in [-0.39, 0.29) is 22.9 Å². The van der Waals surface area contributed by atoms with E-state index in [0.29, 0.717) is 5.92 Å². The van der Waals surface area contributed by atoms with Crippen LogP contribution in [0.4, 0.5) is 0 Å². The summed E-state index contributed by atoms with van der Waals surface area (Å²) >= 11 is 0. The van der Waals surface area contributed by atoms with Crippen molar-refractivity contribution in [2.75, 3.05) is 26.2 Å². The van der Waals surface area contributed by atoms with Gasteiger partial charge in [-0.2, -0.15) is 0 Å². The summed E-state index contributed by atoms with van der Waals surface area (Å²) in [4.78, 5) is 16.9. The van der Waals surface area contributed by atoms with Gasteiger partial charge < -0.3 is 4.90 Å². The Kier molecular flexibility index (Phi) is 4.37. The quantitative estimate of drug-likeness (QED) is 0.828. The maximum atomic E-state index is 12.7. The highest BCUT2D eigenvalue weighted by Gasteiger charge is 2.47. The molecule has 3 heterocycles. The third kappa shape index (κ3) is 2.77. The number of hydrogen-bond donors (Lipinski definition) is 0. The Morgan fingerprint density at radius 1 is 1.23 bits per heavy atom. The van der Waals surface area contributed by atoms with Gasteiger partial charge in [-0.1, -0.05) is 31.9 Å². The molecule has 0 radical (unpaired) electrons. The number of hydrogen-bond acceptors (Lipinski definition) is 4. The van der Waals surface area contributed by atoms with Crippen molar-refractivity contribution in [1.82, 2.24) is 24.8 Å². The van der Waals surface area contributed by atoms with Crippen molar-refractivity contribution in [3.05, 3.63) is 11.9 Å². The van der Waals surface area contributed by atoms with Crippen LogP contribution >= 0.6 is 0 Å². The molecule has 1 amide bonds. The van der Waals surface area contributed by atoms with Gasteiger partial charge in [0, 0.05) is 37.8 Å². The lowest BCUT2D eigenvalue weighted by Crippen LogP contribution is -2.64. The zero-order chi connectivity index (χ0) is 18.5. The SMILES string of the molecule is CC(C(=O)N1CC(C)(c2cn(C3(C)CCCCC3C)nn2)C1)N1CCC1. The molecule has 4 rings (SSSR count). The van der Waals surface area contributed by atoms with Crippen LogP contribution in [0.5, 0.6) is 0 Å². The lowest BCUT2D eigenvalue weighted by molar-refractivity contribution is -0.145. The van der Waals surface area contributed by atoms with E-state index in [2.05, 4.69) is 46.9 Å². The van der Waals surface area contributed by atoms with E-state index in [4.69, 9.17) is 0 Å². The molecule has 0 bridgehead atoms. The molecule has 144 valence electrons. The highest BCUT2D eigenvalue weighted by atomic mass is 16.2. The van der Waals surface area contributed by atoms with Crippen LogP contribution in [0.1, 0.15) is 65.5 Å². The molecule has 1 aromatic rings. The predicted octanol–water partition coefficient (Wildman–Crippen LogP) is 2.40. The van der Waals surface area contributed by atoms with Crippen molar-refractivity contribution in [3.8, 4) is 0 Å². The highest BCUT2D eigenvalue weighted by molar-refractivity contribution is 5.82. The minimum atomic E-state index is -0.0587. The summed E-state index contributed by atoms with van der Waals surface area (Å²) in [6.45, 7) is 12.5. The van der Waals surface area contributed by atoms with Crippen LogP contribution in [0.2, 0.25) is 0 Å². The molecule has 6 nitrogen and oxygen atoms in total. The fourth-order valence-electron chi connectivity index (χ4n) is 4.88. The number of carbonyl (C=O) groups excluding carboxylic acids is 1. The van der Waals surface area contributed by atoms with Gasteiger partial charge in [-0.3, -0.25) is 9.69 Å². The van der Waals surface area contributed by atoms with Crippen molar-refractivity contribution in [2.24, 2.45) is 5.92 Å². The second-order valence-electron chi connectivity index (χ2n) is 9.37. The molecule has 1 saturated carbocycles. The number of aromatic nitrogens is 3. The van der Waals surface area contributed by atoms with E-state index in [9.17, 15) is 4.79 Å². The van der Waals surface area contributed by atoms with Gasteiger partial charge in [-0.25, -0.2) is 4.68 Å². The van der Waals surface area contributed by atoms with Crippen LogP contribution in [-0.2, 0) is 15.7 Å². The summed E-state index contributed by atoms with van der Waals surface area (Å²) in [5.41, 5.74) is 1.05. The number of carbonyl (C=O) groups is 1. The molecule has 3 fully saturated rings. The summed E-state index contributed by atoms with van der Waals surface area (Å²) in [7, 11) is 0. The predicted molar refractivity (Wildman–Crippen MR) is 101 cm³/mol. The summed E-state index contributed by atoms with van der Waals surface area (Å²) < 4.78 is 2.12.